The minimum atomic E-state index is -0.0396. The first-order chi connectivity index (χ1) is 10.8. The van der Waals surface area contributed by atoms with Gasteiger partial charge in [0.05, 0.1) is 19.2 Å². The van der Waals surface area contributed by atoms with Crippen molar-refractivity contribution in [2.24, 2.45) is 0 Å². The third-order valence-corrected chi connectivity index (χ3v) is 3.55. The second kappa shape index (κ2) is 6.43. The lowest BCUT2D eigenvalue weighted by Gasteiger charge is -2.17. The Hall–Kier alpha value is -2.63. The Labute approximate surface area is 128 Å². The Morgan fingerprint density at radius 1 is 1.23 bits per heavy atom. The molecule has 0 unspecified atom stereocenters. The summed E-state index contributed by atoms with van der Waals surface area (Å²) in [6.07, 6.45) is 4.00. The lowest BCUT2D eigenvalue weighted by Crippen LogP contribution is -2.31. The number of nitrogens with zero attached hydrogens (tertiary/aromatic N) is 3. The van der Waals surface area contributed by atoms with Crippen molar-refractivity contribution in [1.29, 1.82) is 0 Å². The van der Waals surface area contributed by atoms with Gasteiger partial charge in [-0.1, -0.05) is 6.07 Å². The van der Waals surface area contributed by atoms with Crippen LogP contribution in [0.25, 0.3) is 0 Å². The van der Waals surface area contributed by atoms with Crippen LogP contribution in [0.15, 0.2) is 42.7 Å². The number of hydrogen-bond donors (Lipinski definition) is 0. The summed E-state index contributed by atoms with van der Waals surface area (Å²) >= 11 is 0. The molecule has 0 radical (unpaired) electrons. The number of aromatic nitrogens is 2. The van der Waals surface area contributed by atoms with Gasteiger partial charge in [0.15, 0.2) is 0 Å². The van der Waals surface area contributed by atoms with E-state index in [2.05, 4.69) is 9.97 Å². The van der Waals surface area contributed by atoms with Crippen LogP contribution in [0.2, 0.25) is 0 Å². The topological polar surface area (TPSA) is 64.5 Å². The van der Waals surface area contributed by atoms with E-state index in [9.17, 15) is 4.79 Å². The Bertz CT molecular complexity index is 631. The molecular weight excluding hydrogens is 282 g/mol. The summed E-state index contributed by atoms with van der Waals surface area (Å²) < 4.78 is 10.8. The van der Waals surface area contributed by atoms with Crippen molar-refractivity contribution in [2.45, 2.75) is 12.5 Å². The molecule has 6 heteroatoms. The second-order valence-electron chi connectivity index (χ2n) is 5.04. The summed E-state index contributed by atoms with van der Waals surface area (Å²) in [7, 11) is 1.55. The first kappa shape index (κ1) is 14.3. The van der Waals surface area contributed by atoms with Gasteiger partial charge < -0.3 is 14.4 Å². The molecule has 22 heavy (non-hydrogen) atoms. The van der Waals surface area contributed by atoms with Crippen LogP contribution in [0.5, 0.6) is 11.8 Å². The number of amides is 1. The van der Waals surface area contributed by atoms with Crippen LogP contribution in [0, 0.1) is 0 Å². The van der Waals surface area contributed by atoms with Gasteiger partial charge in [-0.2, -0.15) is 0 Å². The standard InChI is InChI=1S/C16H17N3O3/c1-21-14-6-5-12(10-18-14)16(20)19-9-7-13(11-19)22-15-4-2-3-8-17-15/h2-6,8,10,13H,7,9,11H2,1H3/t13-/m0/s1. The molecule has 3 rings (SSSR count). The summed E-state index contributed by atoms with van der Waals surface area (Å²) in [4.78, 5) is 22.4. The molecule has 1 aliphatic rings. The number of rotatable bonds is 4. The number of carbonyl (C=O) groups is 1. The quantitative estimate of drug-likeness (QED) is 0.861. The number of methoxy groups -OCH3 is 1. The second-order valence-corrected chi connectivity index (χ2v) is 5.04. The lowest BCUT2D eigenvalue weighted by atomic mass is 10.2. The van der Waals surface area contributed by atoms with Crippen molar-refractivity contribution in [3.63, 3.8) is 0 Å². The third-order valence-electron chi connectivity index (χ3n) is 3.55. The van der Waals surface area contributed by atoms with Gasteiger partial charge in [-0.25, -0.2) is 9.97 Å². The van der Waals surface area contributed by atoms with Crippen LogP contribution in [-0.2, 0) is 0 Å². The molecule has 0 N–H and O–H groups in total. The van der Waals surface area contributed by atoms with E-state index in [0.717, 1.165) is 6.42 Å². The Balaban J connectivity index is 1.60. The summed E-state index contributed by atoms with van der Waals surface area (Å²) in [6.45, 7) is 1.23. The van der Waals surface area contributed by atoms with Gasteiger partial charge in [0.25, 0.3) is 5.91 Å². The van der Waals surface area contributed by atoms with Gasteiger partial charge >= 0.3 is 0 Å². The molecule has 6 nitrogen and oxygen atoms in total. The molecular formula is C16H17N3O3. The minimum Gasteiger partial charge on any atom is -0.481 e. The molecule has 1 atom stereocenters. The summed E-state index contributed by atoms with van der Waals surface area (Å²) in [6, 6.07) is 8.95. The van der Waals surface area contributed by atoms with E-state index < -0.39 is 0 Å². The van der Waals surface area contributed by atoms with Gasteiger partial charge in [-0.05, 0) is 12.1 Å². The molecule has 0 aliphatic carbocycles. The molecule has 2 aromatic rings. The fourth-order valence-corrected chi connectivity index (χ4v) is 2.41. The molecule has 0 aromatic carbocycles. The monoisotopic (exact) mass is 299 g/mol. The lowest BCUT2D eigenvalue weighted by molar-refractivity contribution is 0.0770. The summed E-state index contributed by atoms with van der Waals surface area (Å²) in [5, 5.41) is 0. The van der Waals surface area contributed by atoms with Crippen molar-refractivity contribution in [3.05, 3.63) is 48.3 Å². The fraction of sp³-hybridized carbons (Fsp3) is 0.312. The van der Waals surface area contributed by atoms with Crippen LogP contribution in [0.4, 0.5) is 0 Å². The zero-order valence-electron chi connectivity index (χ0n) is 12.3. The predicted molar refractivity (Wildman–Crippen MR) is 80.0 cm³/mol. The van der Waals surface area contributed by atoms with E-state index in [4.69, 9.17) is 9.47 Å². The maximum absolute atomic E-state index is 12.4. The van der Waals surface area contributed by atoms with Crippen LogP contribution in [-0.4, -0.2) is 47.1 Å². The average molecular weight is 299 g/mol. The molecule has 0 spiro atoms. The van der Waals surface area contributed by atoms with Crippen molar-refractivity contribution in [2.75, 3.05) is 20.2 Å². The van der Waals surface area contributed by atoms with Gasteiger partial charge in [-0.15, -0.1) is 0 Å². The Kier molecular flexibility index (Phi) is 4.18. The molecule has 1 amide bonds. The maximum atomic E-state index is 12.4. The van der Waals surface area contributed by atoms with E-state index in [-0.39, 0.29) is 12.0 Å². The SMILES string of the molecule is COc1ccc(C(=O)N2CC[C@H](Oc3ccccn3)C2)cn1. The van der Waals surface area contributed by atoms with Crippen molar-refractivity contribution in [1.82, 2.24) is 14.9 Å². The van der Waals surface area contributed by atoms with E-state index in [1.807, 2.05) is 18.2 Å². The number of likely N-dealkylation sites (tertiary alicyclic amines) is 1. The fourth-order valence-electron chi connectivity index (χ4n) is 2.41. The average Bonchev–Trinajstić information content (AvgIpc) is 3.04. The van der Waals surface area contributed by atoms with Crippen LogP contribution in [0.1, 0.15) is 16.8 Å². The van der Waals surface area contributed by atoms with Crippen molar-refractivity contribution < 1.29 is 14.3 Å². The molecule has 1 fully saturated rings. The molecule has 1 saturated heterocycles. The van der Waals surface area contributed by atoms with Crippen molar-refractivity contribution in [3.8, 4) is 11.8 Å². The smallest absolute Gasteiger partial charge is 0.255 e. The first-order valence-corrected chi connectivity index (χ1v) is 7.13. The van der Waals surface area contributed by atoms with E-state index >= 15 is 0 Å². The van der Waals surface area contributed by atoms with Gasteiger partial charge in [0.1, 0.15) is 6.10 Å². The molecule has 3 heterocycles. The van der Waals surface area contributed by atoms with Gasteiger partial charge in [-0.3, -0.25) is 4.79 Å². The highest BCUT2D eigenvalue weighted by atomic mass is 16.5. The summed E-state index contributed by atoms with van der Waals surface area (Å²) in [5.41, 5.74) is 0.555. The number of ether oxygens (including phenoxy) is 2. The number of hydrogen-bond acceptors (Lipinski definition) is 5. The molecule has 114 valence electrons. The third kappa shape index (κ3) is 3.16. The zero-order chi connectivity index (χ0) is 15.4. The first-order valence-electron chi connectivity index (χ1n) is 7.13. The summed E-state index contributed by atoms with van der Waals surface area (Å²) in [5.74, 6) is 1.05. The van der Waals surface area contributed by atoms with Gasteiger partial charge in [0.2, 0.25) is 11.8 Å². The number of pyridine rings is 2. The van der Waals surface area contributed by atoms with Gasteiger partial charge in [0, 0.05) is 37.5 Å². The zero-order valence-corrected chi connectivity index (χ0v) is 12.3. The van der Waals surface area contributed by atoms with Crippen LogP contribution < -0.4 is 9.47 Å². The van der Waals surface area contributed by atoms with E-state index in [1.54, 1.807) is 30.3 Å². The largest absolute Gasteiger partial charge is 0.481 e. The van der Waals surface area contributed by atoms with E-state index in [0.29, 0.717) is 30.4 Å². The number of carbonyl (C=O) groups excluding carboxylic acids is 1. The maximum Gasteiger partial charge on any atom is 0.255 e. The highest BCUT2D eigenvalue weighted by Crippen LogP contribution is 2.18. The van der Waals surface area contributed by atoms with E-state index in [1.165, 1.54) is 6.20 Å². The van der Waals surface area contributed by atoms with Crippen LogP contribution in [0.3, 0.4) is 0 Å². The highest BCUT2D eigenvalue weighted by Gasteiger charge is 2.28. The highest BCUT2D eigenvalue weighted by molar-refractivity contribution is 5.94. The molecule has 0 bridgehead atoms. The Morgan fingerprint density at radius 3 is 2.82 bits per heavy atom. The molecule has 1 aliphatic heterocycles. The normalized spacial score (nSPS) is 17.3. The minimum absolute atomic E-state index is 0.0231. The Morgan fingerprint density at radius 2 is 2.14 bits per heavy atom. The van der Waals surface area contributed by atoms with Crippen LogP contribution >= 0.6 is 0 Å². The van der Waals surface area contributed by atoms with Crippen molar-refractivity contribution >= 4 is 5.91 Å². The molecule has 0 saturated carbocycles. The molecule has 2 aromatic heterocycles. The predicted octanol–water partition coefficient (Wildman–Crippen LogP) is 1.78.